The monoisotopic (exact) mass is 292 g/mol. The Bertz CT molecular complexity index is 464. The van der Waals surface area contributed by atoms with Crippen molar-refractivity contribution >= 4 is 5.91 Å². The average Bonchev–Trinajstić information content (AvgIpc) is 2.33. The van der Waals surface area contributed by atoms with Gasteiger partial charge in [0, 0.05) is 12.1 Å². The van der Waals surface area contributed by atoms with Crippen LogP contribution in [0, 0.1) is 0 Å². The summed E-state index contributed by atoms with van der Waals surface area (Å²) in [5.41, 5.74) is 0.890. The molecule has 1 rings (SSSR count). The molecule has 0 saturated carbocycles. The van der Waals surface area contributed by atoms with Crippen LogP contribution >= 0.6 is 0 Å². The number of rotatable bonds is 6. The first-order valence-electron chi connectivity index (χ1n) is 7.48. The molecule has 0 radical (unpaired) electrons. The topological polar surface area (TPSA) is 50.4 Å². The predicted molar refractivity (Wildman–Crippen MR) is 86.4 cm³/mol. The van der Waals surface area contributed by atoms with Crippen LogP contribution in [0.15, 0.2) is 24.3 Å². The highest BCUT2D eigenvalue weighted by Crippen LogP contribution is 2.15. The molecule has 4 nitrogen and oxygen atoms in total. The van der Waals surface area contributed by atoms with E-state index in [0.717, 1.165) is 11.3 Å². The minimum absolute atomic E-state index is 0.0112. The molecule has 0 spiro atoms. The van der Waals surface area contributed by atoms with Gasteiger partial charge >= 0.3 is 0 Å². The molecule has 1 atom stereocenters. The van der Waals surface area contributed by atoms with E-state index in [-0.39, 0.29) is 23.6 Å². The van der Waals surface area contributed by atoms with E-state index in [1.54, 1.807) is 0 Å². The fraction of sp³-hybridized carbons (Fsp3) is 0.588. The van der Waals surface area contributed by atoms with E-state index in [4.69, 9.17) is 4.74 Å². The molecule has 1 amide bonds. The van der Waals surface area contributed by atoms with Gasteiger partial charge in [0.2, 0.25) is 5.91 Å². The van der Waals surface area contributed by atoms with E-state index in [1.165, 1.54) is 0 Å². The van der Waals surface area contributed by atoms with Crippen LogP contribution in [0.25, 0.3) is 0 Å². The fourth-order valence-electron chi connectivity index (χ4n) is 1.84. The quantitative estimate of drug-likeness (QED) is 0.847. The third-order valence-corrected chi connectivity index (χ3v) is 2.77. The average molecular weight is 292 g/mol. The van der Waals surface area contributed by atoms with Crippen LogP contribution in [-0.4, -0.2) is 23.6 Å². The molecule has 1 unspecified atom stereocenters. The van der Waals surface area contributed by atoms with Gasteiger partial charge in [0.05, 0.1) is 12.1 Å². The molecule has 0 aromatic heterocycles. The predicted octanol–water partition coefficient (Wildman–Crippen LogP) is 2.87. The molecule has 0 aliphatic heterocycles. The Morgan fingerprint density at radius 2 is 1.90 bits per heavy atom. The van der Waals surface area contributed by atoms with Crippen molar-refractivity contribution in [2.75, 3.05) is 0 Å². The van der Waals surface area contributed by atoms with Crippen molar-refractivity contribution in [1.82, 2.24) is 10.6 Å². The summed E-state index contributed by atoms with van der Waals surface area (Å²) in [5, 5.41) is 6.20. The molecule has 0 aliphatic carbocycles. The number of carbonyl (C=O) groups excluding carboxylic acids is 1. The van der Waals surface area contributed by atoms with E-state index >= 15 is 0 Å². The summed E-state index contributed by atoms with van der Waals surface area (Å²) in [7, 11) is 0. The summed E-state index contributed by atoms with van der Waals surface area (Å²) in [6, 6.07) is 7.70. The van der Waals surface area contributed by atoms with Crippen molar-refractivity contribution in [2.45, 2.75) is 65.8 Å². The van der Waals surface area contributed by atoms with Gasteiger partial charge in [-0.15, -0.1) is 0 Å². The van der Waals surface area contributed by atoms with Crippen molar-refractivity contribution in [3.05, 3.63) is 29.8 Å². The molecular weight excluding hydrogens is 264 g/mol. The largest absolute Gasteiger partial charge is 0.491 e. The number of amides is 1. The highest BCUT2D eigenvalue weighted by Gasteiger charge is 2.18. The Morgan fingerprint density at radius 3 is 2.48 bits per heavy atom. The van der Waals surface area contributed by atoms with Gasteiger partial charge in [-0.25, -0.2) is 0 Å². The summed E-state index contributed by atoms with van der Waals surface area (Å²) in [6.45, 7) is 12.4. The number of ether oxygens (including phenoxy) is 1. The molecule has 0 fully saturated rings. The molecule has 4 heteroatoms. The summed E-state index contributed by atoms with van der Waals surface area (Å²) in [4.78, 5) is 12.0. The van der Waals surface area contributed by atoms with E-state index < -0.39 is 0 Å². The Morgan fingerprint density at radius 1 is 1.24 bits per heavy atom. The summed E-state index contributed by atoms with van der Waals surface area (Å²) >= 11 is 0. The molecule has 0 saturated heterocycles. The minimum Gasteiger partial charge on any atom is -0.491 e. The van der Waals surface area contributed by atoms with Crippen LogP contribution in [0.2, 0.25) is 0 Å². The minimum atomic E-state index is -0.237. The van der Waals surface area contributed by atoms with Crippen LogP contribution in [0.1, 0.15) is 47.1 Å². The first kappa shape index (κ1) is 17.5. The maximum Gasteiger partial charge on any atom is 0.237 e. The highest BCUT2D eigenvalue weighted by atomic mass is 16.5. The zero-order valence-electron chi connectivity index (χ0n) is 14.0. The Kier molecular flexibility index (Phi) is 6.21. The van der Waals surface area contributed by atoms with Crippen molar-refractivity contribution in [2.24, 2.45) is 0 Å². The third-order valence-electron chi connectivity index (χ3n) is 2.77. The maximum atomic E-state index is 12.0. The second kappa shape index (κ2) is 7.46. The van der Waals surface area contributed by atoms with Gasteiger partial charge in [-0.05, 0) is 59.2 Å². The number of carbonyl (C=O) groups is 1. The van der Waals surface area contributed by atoms with Gasteiger partial charge in [0.25, 0.3) is 0 Å². The van der Waals surface area contributed by atoms with E-state index in [0.29, 0.717) is 6.54 Å². The molecule has 118 valence electrons. The molecule has 0 bridgehead atoms. The van der Waals surface area contributed by atoms with Crippen molar-refractivity contribution in [3.8, 4) is 5.75 Å². The maximum absolute atomic E-state index is 12.0. The highest BCUT2D eigenvalue weighted by molar-refractivity contribution is 5.81. The fourth-order valence-corrected chi connectivity index (χ4v) is 1.84. The van der Waals surface area contributed by atoms with Crippen LogP contribution in [0.4, 0.5) is 0 Å². The van der Waals surface area contributed by atoms with Gasteiger partial charge in [0.1, 0.15) is 5.75 Å². The SMILES string of the molecule is CC(C)Oc1cccc(CNC(C)C(=O)NC(C)(C)C)c1. The van der Waals surface area contributed by atoms with Crippen LogP contribution in [0.5, 0.6) is 5.75 Å². The number of benzene rings is 1. The lowest BCUT2D eigenvalue weighted by molar-refractivity contribution is -0.124. The van der Waals surface area contributed by atoms with E-state index in [1.807, 2.05) is 65.8 Å². The zero-order chi connectivity index (χ0) is 16.0. The van der Waals surface area contributed by atoms with Crippen molar-refractivity contribution in [1.29, 1.82) is 0 Å². The molecule has 2 N–H and O–H groups in total. The summed E-state index contributed by atoms with van der Waals surface area (Å²) < 4.78 is 5.67. The lowest BCUT2D eigenvalue weighted by atomic mass is 10.1. The molecule has 0 aliphatic rings. The molecule has 1 aromatic carbocycles. The number of hydrogen-bond acceptors (Lipinski definition) is 3. The summed E-state index contributed by atoms with van der Waals surface area (Å²) in [5.74, 6) is 0.869. The molecule has 1 aromatic rings. The summed E-state index contributed by atoms with van der Waals surface area (Å²) in [6.07, 6.45) is 0.157. The van der Waals surface area contributed by atoms with Gasteiger partial charge in [-0.3, -0.25) is 4.79 Å². The standard InChI is InChI=1S/C17H28N2O2/c1-12(2)21-15-9-7-8-14(10-15)11-18-13(3)16(20)19-17(4,5)6/h7-10,12-13,18H,11H2,1-6H3,(H,19,20). The van der Waals surface area contributed by atoms with E-state index in [9.17, 15) is 4.79 Å². The van der Waals surface area contributed by atoms with Crippen LogP contribution in [-0.2, 0) is 11.3 Å². The van der Waals surface area contributed by atoms with E-state index in [2.05, 4.69) is 10.6 Å². The van der Waals surface area contributed by atoms with Gasteiger partial charge in [0.15, 0.2) is 0 Å². The lowest BCUT2D eigenvalue weighted by Gasteiger charge is -2.23. The number of hydrogen-bond donors (Lipinski definition) is 2. The van der Waals surface area contributed by atoms with Gasteiger partial charge < -0.3 is 15.4 Å². The lowest BCUT2D eigenvalue weighted by Crippen LogP contribution is -2.49. The van der Waals surface area contributed by atoms with Crippen molar-refractivity contribution in [3.63, 3.8) is 0 Å². The Labute approximate surface area is 128 Å². The Hall–Kier alpha value is -1.55. The zero-order valence-corrected chi connectivity index (χ0v) is 14.0. The first-order chi connectivity index (χ1) is 9.67. The van der Waals surface area contributed by atoms with Gasteiger partial charge in [-0.2, -0.15) is 0 Å². The molecular formula is C17H28N2O2. The number of nitrogens with one attached hydrogen (secondary N) is 2. The second-order valence-corrected chi connectivity index (χ2v) is 6.66. The van der Waals surface area contributed by atoms with Gasteiger partial charge in [-0.1, -0.05) is 12.1 Å². The smallest absolute Gasteiger partial charge is 0.237 e. The first-order valence-corrected chi connectivity index (χ1v) is 7.48. The molecule has 0 heterocycles. The second-order valence-electron chi connectivity index (χ2n) is 6.66. The Balaban J connectivity index is 2.53. The normalized spacial score (nSPS) is 13.1. The van der Waals surface area contributed by atoms with Crippen LogP contribution < -0.4 is 15.4 Å². The third kappa shape index (κ3) is 7.14. The van der Waals surface area contributed by atoms with Crippen molar-refractivity contribution < 1.29 is 9.53 Å². The molecule has 21 heavy (non-hydrogen) atoms. The van der Waals surface area contributed by atoms with Crippen LogP contribution in [0.3, 0.4) is 0 Å².